The van der Waals surface area contributed by atoms with Crippen molar-refractivity contribution in [2.75, 3.05) is 0 Å². The predicted molar refractivity (Wildman–Crippen MR) is 93.0 cm³/mol. The second kappa shape index (κ2) is 7.47. The number of para-hydroxylation sites is 1. The van der Waals surface area contributed by atoms with Gasteiger partial charge >= 0.3 is 0 Å². The van der Waals surface area contributed by atoms with Crippen molar-refractivity contribution >= 4 is 0 Å². The Kier molecular flexibility index (Phi) is 4.93. The minimum absolute atomic E-state index is 0.452. The molecular weight excluding hydrogens is 298 g/mol. The molecule has 24 heavy (non-hydrogen) atoms. The lowest BCUT2D eigenvalue weighted by Crippen LogP contribution is -2.05. The molecule has 1 heterocycles. The fourth-order valence-electron chi connectivity index (χ4n) is 2.56. The topological polar surface area (TPSA) is 50.8 Å². The first-order valence-electron chi connectivity index (χ1n) is 7.96. The molecule has 0 amide bonds. The normalized spacial score (nSPS) is 10.3. The number of hydrogen-bond acceptors (Lipinski definition) is 3. The third kappa shape index (κ3) is 3.82. The van der Waals surface area contributed by atoms with Crippen molar-refractivity contribution in [2.24, 2.45) is 0 Å². The van der Waals surface area contributed by atoms with Crippen LogP contribution in [0.1, 0.15) is 23.4 Å². The first-order chi connectivity index (χ1) is 11.8. The minimum Gasteiger partial charge on any atom is -0.487 e. The van der Waals surface area contributed by atoms with E-state index in [0.717, 1.165) is 34.8 Å². The molecule has 0 saturated carbocycles. The van der Waals surface area contributed by atoms with Crippen LogP contribution in [0, 0.1) is 18.3 Å². The van der Waals surface area contributed by atoms with E-state index >= 15 is 0 Å². The molecule has 4 nitrogen and oxygen atoms in total. The van der Waals surface area contributed by atoms with Gasteiger partial charge in [0, 0.05) is 6.42 Å². The quantitative estimate of drug-likeness (QED) is 0.684. The summed E-state index contributed by atoms with van der Waals surface area (Å²) in [6.07, 6.45) is 1.31. The number of ether oxygens (including phenoxy) is 1. The summed E-state index contributed by atoms with van der Waals surface area (Å²) in [4.78, 5) is 0. The van der Waals surface area contributed by atoms with Crippen LogP contribution in [0.2, 0.25) is 0 Å². The number of nitriles is 1. The molecule has 0 N–H and O–H groups in total. The van der Waals surface area contributed by atoms with Crippen molar-refractivity contribution < 1.29 is 4.74 Å². The summed E-state index contributed by atoms with van der Waals surface area (Å²) in [5.74, 6) is 0.814. The number of nitrogens with zero attached hydrogens (tertiary/aromatic N) is 3. The second-order valence-corrected chi connectivity index (χ2v) is 5.62. The summed E-state index contributed by atoms with van der Waals surface area (Å²) in [7, 11) is 0. The van der Waals surface area contributed by atoms with Crippen LogP contribution in [0.3, 0.4) is 0 Å². The van der Waals surface area contributed by atoms with Gasteiger partial charge < -0.3 is 4.74 Å². The Hall–Kier alpha value is -3.06. The van der Waals surface area contributed by atoms with Gasteiger partial charge in [-0.1, -0.05) is 30.3 Å². The van der Waals surface area contributed by atoms with Crippen LogP contribution in [-0.4, -0.2) is 9.78 Å². The van der Waals surface area contributed by atoms with E-state index in [1.807, 2.05) is 72.3 Å². The smallest absolute Gasteiger partial charge is 0.130 e. The first kappa shape index (κ1) is 15.8. The summed E-state index contributed by atoms with van der Waals surface area (Å²) in [5.41, 5.74) is 4.14. The third-order valence-electron chi connectivity index (χ3n) is 3.74. The maximum absolute atomic E-state index is 8.63. The molecule has 0 fully saturated rings. The number of hydrogen-bond donors (Lipinski definition) is 0. The lowest BCUT2D eigenvalue weighted by molar-refractivity contribution is 0.297. The van der Waals surface area contributed by atoms with Gasteiger partial charge in [0.15, 0.2) is 0 Å². The largest absolute Gasteiger partial charge is 0.487 e. The SMILES string of the molecule is Cc1cc(COc2ccc(CCC#N)cc2)n(-c2ccccc2)n1. The molecule has 3 rings (SSSR count). The van der Waals surface area contributed by atoms with Gasteiger partial charge in [0.25, 0.3) is 0 Å². The van der Waals surface area contributed by atoms with Gasteiger partial charge in [0.1, 0.15) is 12.4 Å². The molecule has 4 heteroatoms. The van der Waals surface area contributed by atoms with Gasteiger partial charge in [0.2, 0.25) is 0 Å². The van der Waals surface area contributed by atoms with E-state index in [9.17, 15) is 0 Å². The van der Waals surface area contributed by atoms with Crippen molar-refractivity contribution in [1.82, 2.24) is 9.78 Å². The van der Waals surface area contributed by atoms with Crippen LogP contribution in [0.15, 0.2) is 60.7 Å². The molecule has 0 saturated heterocycles. The van der Waals surface area contributed by atoms with Crippen LogP contribution in [0.25, 0.3) is 5.69 Å². The van der Waals surface area contributed by atoms with Gasteiger partial charge in [-0.3, -0.25) is 0 Å². The summed E-state index contributed by atoms with van der Waals surface area (Å²) < 4.78 is 7.81. The number of benzene rings is 2. The number of rotatable bonds is 6. The Morgan fingerprint density at radius 1 is 1.08 bits per heavy atom. The first-order valence-corrected chi connectivity index (χ1v) is 7.96. The zero-order chi connectivity index (χ0) is 16.8. The lowest BCUT2D eigenvalue weighted by Gasteiger charge is -2.09. The number of aryl methyl sites for hydroxylation is 2. The maximum Gasteiger partial charge on any atom is 0.130 e. The highest BCUT2D eigenvalue weighted by Gasteiger charge is 2.08. The Balaban J connectivity index is 1.70. The molecule has 1 aromatic heterocycles. The number of aromatic nitrogens is 2. The molecule has 0 bridgehead atoms. The van der Waals surface area contributed by atoms with Gasteiger partial charge in [-0.15, -0.1) is 0 Å². The Morgan fingerprint density at radius 2 is 1.83 bits per heavy atom. The predicted octanol–water partition coefficient (Wildman–Crippen LogP) is 4.22. The van der Waals surface area contributed by atoms with Gasteiger partial charge in [-0.25, -0.2) is 4.68 Å². The highest BCUT2D eigenvalue weighted by atomic mass is 16.5. The van der Waals surface area contributed by atoms with Crippen molar-refractivity contribution in [3.8, 4) is 17.5 Å². The zero-order valence-electron chi connectivity index (χ0n) is 13.6. The van der Waals surface area contributed by atoms with Crippen LogP contribution >= 0.6 is 0 Å². The Labute approximate surface area is 141 Å². The van der Waals surface area contributed by atoms with Gasteiger partial charge in [0.05, 0.1) is 23.1 Å². The summed E-state index contributed by atoms with van der Waals surface area (Å²) >= 11 is 0. The molecule has 0 spiro atoms. The van der Waals surface area contributed by atoms with E-state index < -0.39 is 0 Å². The molecule has 0 unspecified atom stereocenters. The summed E-state index contributed by atoms with van der Waals surface area (Å²) in [5, 5.41) is 13.2. The second-order valence-electron chi connectivity index (χ2n) is 5.62. The van der Waals surface area contributed by atoms with Crippen molar-refractivity contribution in [1.29, 1.82) is 5.26 Å². The standard InChI is InChI=1S/C20H19N3O/c1-16-14-19(23(22-16)18-7-3-2-4-8-18)15-24-20-11-9-17(10-12-20)6-5-13-21/h2-4,7-12,14H,5-6,15H2,1H3. The Morgan fingerprint density at radius 3 is 2.54 bits per heavy atom. The van der Waals surface area contributed by atoms with E-state index in [4.69, 9.17) is 10.00 Å². The molecule has 0 aliphatic rings. The van der Waals surface area contributed by atoms with E-state index in [2.05, 4.69) is 11.2 Å². The monoisotopic (exact) mass is 317 g/mol. The minimum atomic E-state index is 0.452. The molecule has 3 aromatic rings. The lowest BCUT2D eigenvalue weighted by atomic mass is 10.1. The maximum atomic E-state index is 8.63. The highest BCUT2D eigenvalue weighted by molar-refractivity contribution is 5.33. The Bertz CT molecular complexity index is 830. The van der Waals surface area contributed by atoms with Crippen LogP contribution in [0.4, 0.5) is 0 Å². The van der Waals surface area contributed by atoms with Crippen molar-refractivity contribution in [3.05, 3.63) is 77.6 Å². The zero-order valence-corrected chi connectivity index (χ0v) is 13.6. The molecule has 120 valence electrons. The van der Waals surface area contributed by atoms with E-state index in [-0.39, 0.29) is 0 Å². The van der Waals surface area contributed by atoms with Crippen molar-refractivity contribution in [2.45, 2.75) is 26.4 Å². The van der Waals surface area contributed by atoms with Crippen LogP contribution in [-0.2, 0) is 13.0 Å². The fraction of sp³-hybridized carbons (Fsp3) is 0.200. The van der Waals surface area contributed by atoms with E-state index in [1.165, 1.54) is 0 Å². The van der Waals surface area contributed by atoms with Crippen molar-refractivity contribution in [3.63, 3.8) is 0 Å². The van der Waals surface area contributed by atoms with E-state index in [0.29, 0.717) is 13.0 Å². The van der Waals surface area contributed by atoms with Crippen LogP contribution < -0.4 is 4.74 Å². The molecular formula is C20H19N3O. The molecule has 0 radical (unpaired) electrons. The fourth-order valence-corrected chi connectivity index (χ4v) is 2.56. The van der Waals surface area contributed by atoms with Gasteiger partial charge in [-0.05, 0) is 49.2 Å². The average Bonchev–Trinajstić information content (AvgIpc) is 3.00. The molecule has 2 aromatic carbocycles. The summed E-state index contributed by atoms with van der Waals surface area (Å²) in [6, 6.07) is 22.1. The van der Waals surface area contributed by atoms with Crippen LogP contribution in [0.5, 0.6) is 5.75 Å². The van der Waals surface area contributed by atoms with E-state index in [1.54, 1.807) is 0 Å². The highest BCUT2D eigenvalue weighted by Crippen LogP contribution is 2.17. The van der Waals surface area contributed by atoms with Gasteiger partial charge in [-0.2, -0.15) is 10.4 Å². The average molecular weight is 317 g/mol. The third-order valence-corrected chi connectivity index (χ3v) is 3.74. The summed E-state index contributed by atoms with van der Waals surface area (Å²) in [6.45, 7) is 2.43. The molecule has 0 aliphatic heterocycles. The molecule has 0 aliphatic carbocycles. The molecule has 0 atom stereocenters.